The quantitative estimate of drug-likeness (QED) is 0.849. The predicted molar refractivity (Wildman–Crippen MR) is 91.0 cm³/mol. The van der Waals surface area contributed by atoms with Crippen LogP contribution in [-0.2, 0) is 13.0 Å². The molecule has 0 saturated carbocycles. The van der Waals surface area contributed by atoms with Crippen molar-refractivity contribution in [2.45, 2.75) is 32.9 Å². The van der Waals surface area contributed by atoms with Gasteiger partial charge >= 0.3 is 0 Å². The number of thiazole rings is 1. The molecular weight excluding hydrogens is 292 g/mol. The lowest BCUT2D eigenvalue weighted by Gasteiger charge is -2.37. The lowest BCUT2D eigenvalue weighted by molar-refractivity contribution is 0.0970. The third kappa shape index (κ3) is 3.72. The number of piperazine rings is 1. The van der Waals surface area contributed by atoms with Crippen molar-refractivity contribution in [3.05, 3.63) is 46.2 Å². The van der Waals surface area contributed by atoms with E-state index in [0.29, 0.717) is 6.04 Å². The van der Waals surface area contributed by atoms with Crippen LogP contribution in [0, 0.1) is 0 Å². The number of hydrogen-bond acceptors (Lipinski definition) is 5. The predicted octanol–water partition coefficient (Wildman–Crippen LogP) is 2.98. The second-order valence-electron chi connectivity index (χ2n) is 5.86. The van der Waals surface area contributed by atoms with Crippen molar-refractivity contribution in [1.82, 2.24) is 19.8 Å². The van der Waals surface area contributed by atoms with Crippen molar-refractivity contribution in [3.63, 3.8) is 0 Å². The molecule has 1 atom stereocenters. The average molecular weight is 316 g/mol. The Kier molecular flexibility index (Phi) is 5.18. The first kappa shape index (κ1) is 15.6. The third-order valence-electron chi connectivity index (χ3n) is 4.41. The summed E-state index contributed by atoms with van der Waals surface area (Å²) in [4.78, 5) is 14.0. The fourth-order valence-corrected chi connectivity index (χ4v) is 3.69. The molecule has 2 aromatic rings. The minimum atomic E-state index is 0.446. The number of rotatable bonds is 5. The highest BCUT2D eigenvalue weighted by atomic mass is 32.1. The summed E-state index contributed by atoms with van der Waals surface area (Å²) in [7, 11) is 0. The van der Waals surface area contributed by atoms with Crippen molar-refractivity contribution >= 4 is 11.3 Å². The summed E-state index contributed by atoms with van der Waals surface area (Å²) >= 11 is 1.79. The summed E-state index contributed by atoms with van der Waals surface area (Å²) in [6.45, 7) is 9.89. The molecule has 22 heavy (non-hydrogen) atoms. The van der Waals surface area contributed by atoms with E-state index in [1.807, 2.05) is 18.5 Å². The average Bonchev–Trinajstić information content (AvgIpc) is 3.03. The van der Waals surface area contributed by atoms with Crippen LogP contribution in [-0.4, -0.2) is 45.9 Å². The van der Waals surface area contributed by atoms with Crippen LogP contribution in [0.4, 0.5) is 0 Å². The third-order valence-corrected chi connectivity index (χ3v) is 5.45. The molecule has 1 aliphatic heterocycles. The lowest BCUT2D eigenvalue weighted by atomic mass is 10.1. The molecular formula is C17H24N4S. The van der Waals surface area contributed by atoms with E-state index >= 15 is 0 Å². The second-order valence-corrected chi connectivity index (χ2v) is 6.80. The first-order valence-electron chi connectivity index (χ1n) is 8.06. The minimum Gasteiger partial charge on any atom is -0.295 e. The summed E-state index contributed by atoms with van der Waals surface area (Å²) in [5.41, 5.74) is 2.54. The van der Waals surface area contributed by atoms with Crippen molar-refractivity contribution in [2.24, 2.45) is 0 Å². The van der Waals surface area contributed by atoms with Crippen molar-refractivity contribution in [1.29, 1.82) is 0 Å². The van der Waals surface area contributed by atoms with Gasteiger partial charge in [0, 0.05) is 56.5 Å². The molecule has 3 heterocycles. The summed E-state index contributed by atoms with van der Waals surface area (Å²) in [5.74, 6) is 0. The number of pyridine rings is 1. The monoisotopic (exact) mass is 316 g/mol. The highest BCUT2D eigenvalue weighted by Gasteiger charge is 2.22. The van der Waals surface area contributed by atoms with Gasteiger partial charge in [-0.15, -0.1) is 11.3 Å². The fourth-order valence-electron chi connectivity index (χ4n) is 2.96. The van der Waals surface area contributed by atoms with Crippen LogP contribution in [0.5, 0.6) is 0 Å². The van der Waals surface area contributed by atoms with Gasteiger partial charge in [0.15, 0.2) is 0 Å². The fraction of sp³-hybridized carbons (Fsp3) is 0.529. The normalized spacial score (nSPS) is 18.5. The molecule has 0 amide bonds. The first-order valence-corrected chi connectivity index (χ1v) is 8.94. The Hall–Kier alpha value is -1.30. The van der Waals surface area contributed by atoms with Crippen LogP contribution < -0.4 is 0 Å². The van der Waals surface area contributed by atoms with Crippen LogP contribution in [0.15, 0.2) is 29.9 Å². The number of hydrogen-bond donors (Lipinski definition) is 0. The van der Waals surface area contributed by atoms with Crippen molar-refractivity contribution in [2.75, 3.05) is 26.2 Å². The van der Waals surface area contributed by atoms with Gasteiger partial charge in [-0.1, -0.05) is 13.0 Å². The maximum atomic E-state index is 4.68. The second kappa shape index (κ2) is 7.31. The van der Waals surface area contributed by atoms with E-state index in [9.17, 15) is 0 Å². The molecule has 1 fully saturated rings. The van der Waals surface area contributed by atoms with Gasteiger partial charge in [-0.25, -0.2) is 4.98 Å². The SMILES string of the molecule is CCc1nc(CN2CCN([C@@H](C)c3cccnc3)CC2)cs1. The highest BCUT2D eigenvalue weighted by molar-refractivity contribution is 7.09. The minimum absolute atomic E-state index is 0.446. The molecule has 0 aromatic carbocycles. The van der Waals surface area contributed by atoms with Crippen molar-refractivity contribution in [3.8, 4) is 0 Å². The summed E-state index contributed by atoms with van der Waals surface area (Å²) in [6, 6.07) is 4.64. The standard InChI is InChI=1S/C17H24N4S/c1-3-17-19-16(13-22-17)12-20-7-9-21(10-8-20)14(2)15-5-4-6-18-11-15/h4-6,11,13-14H,3,7-10,12H2,1-2H3/t14-/m0/s1. The Morgan fingerprint density at radius 2 is 2.09 bits per heavy atom. The molecule has 0 spiro atoms. The maximum absolute atomic E-state index is 4.68. The van der Waals surface area contributed by atoms with Crippen molar-refractivity contribution < 1.29 is 0 Å². The lowest BCUT2D eigenvalue weighted by Crippen LogP contribution is -2.46. The Labute approximate surface area is 136 Å². The summed E-state index contributed by atoms with van der Waals surface area (Å²) in [5, 5.41) is 3.46. The molecule has 118 valence electrons. The smallest absolute Gasteiger partial charge is 0.0926 e. The van der Waals surface area contributed by atoms with Gasteiger partial charge in [0.1, 0.15) is 0 Å². The first-order chi connectivity index (χ1) is 10.8. The van der Waals surface area contributed by atoms with Gasteiger partial charge in [0.25, 0.3) is 0 Å². The van der Waals surface area contributed by atoms with E-state index in [4.69, 9.17) is 0 Å². The van der Waals surface area contributed by atoms with E-state index in [0.717, 1.165) is 39.1 Å². The van der Waals surface area contributed by atoms with Crippen LogP contribution >= 0.6 is 11.3 Å². The van der Waals surface area contributed by atoms with Gasteiger partial charge < -0.3 is 0 Å². The Morgan fingerprint density at radius 1 is 1.27 bits per heavy atom. The molecule has 2 aromatic heterocycles. The largest absolute Gasteiger partial charge is 0.295 e. The van der Waals surface area contributed by atoms with Crippen LogP contribution in [0.25, 0.3) is 0 Å². The van der Waals surface area contributed by atoms with E-state index in [2.05, 4.69) is 45.1 Å². The zero-order valence-corrected chi connectivity index (χ0v) is 14.2. The van der Waals surface area contributed by atoms with Gasteiger partial charge in [0.05, 0.1) is 10.7 Å². The molecule has 0 aliphatic carbocycles. The number of aromatic nitrogens is 2. The van der Waals surface area contributed by atoms with E-state index in [-0.39, 0.29) is 0 Å². The van der Waals surface area contributed by atoms with E-state index in [1.165, 1.54) is 16.3 Å². The van der Waals surface area contributed by atoms with Crippen LogP contribution in [0.3, 0.4) is 0 Å². The maximum Gasteiger partial charge on any atom is 0.0926 e. The van der Waals surface area contributed by atoms with Crippen LogP contribution in [0.2, 0.25) is 0 Å². The molecule has 4 nitrogen and oxygen atoms in total. The molecule has 5 heteroatoms. The Bertz CT molecular complexity index is 575. The van der Waals surface area contributed by atoms with Crippen LogP contribution in [0.1, 0.15) is 36.2 Å². The van der Waals surface area contributed by atoms with Gasteiger partial charge in [-0.2, -0.15) is 0 Å². The molecule has 0 radical (unpaired) electrons. The zero-order valence-electron chi connectivity index (χ0n) is 13.4. The Morgan fingerprint density at radius 3 is 2.73 bits per heavy atom. The van der Waals surface area contributed by atoms with Gasteiger partial charge in [0.2, 0.25) is 0 Å². The van der Waals surface area contributed by atoms with Gasteiger partial charge in [-0.3, -0.25) is 14.8 Å². The van der Waals surface area contributed by atoms with E-state index < -0.39 is 0 Å². The molecule has 0 N–H and O–H groups in total. The molecule has 1 aliphatic rings. The zero-order chi connectivity index (χ0) is 15.4. The molecule has 0 bridgehead atoms. The Balaban J connectivity index is 1.52. The number of nitrogens with zero attached hydrogens (tertiary/aromatic N) is 4. The molecule has 1 saturated heterocycles. The highest BCUT2D eigenvalue weighted by Crippen LogP contribution is 2.21. The summed E-state index contributed by atoms with van der Waals surface area (Å²) < 4.78 is 0. The number of aryl methyl sites for hydroxylation is 1. The summed E-state index contributed by atoms with van der Waals surface area (Å²) in [6.07, 6.45) is 4.87. The molecule has 0 unspecified atom stereocenters. The van der Waals surface area contributed by atoms with E-state index in [1.54, 1.807) is 11.3 Å². The molecule has 3 rings (SSSR count). The van der Waals surface area contributed by atoms with Gasteiger partial charge in [-0.05, 0) is 25.0 Å². The topological polar surface area (TPSA) is 32.3 Å².